The summed E-state index contributed by atoms with van der Waals surface area (Å²) in [7, 11) is 20.1. The van der Waals surface area contributed by atoms with Crippen LogP contribution in [0.5, 0.6) is 0 Å². The van der Waals surface area contributed by atoms with Crippen LogP contribution in [0.1, 0.15) is 12.8 Å². The molecule has 0 N–H and O–H groups in total. The molecule has 0 aromatic carbocycles. The van der Waals surface area contributed by atoms with Gasteiger partial charge in [-0.15, -0.1) is 0 Å². The normalized spacial score (nSPS) is 18.0. The monoisotopic (exact) mass is 302 g/mol. The van der Waals surface area contributed by atoms with Crippen molar-refractivity contribution in [2.75, 3.05) is 13.2 Å². The maximum atomic E-state index is 5.04. The average molecular weight is 305 g/mol. The zero-order valence-corrected chi connectivity index (χ0v) is 10.7. The SMILES string of the molecule is C1CCOC1.[Cl][Zr]([Cl])([Cl])[Cl]. The number of rotatable bonds is 0. The Morgan fingerprint density at radius 3 is 1.30 bits per heavy atom. The van der Waals surface area contributed by atoms with E-state index in [1.807, 2.05) is 0 Å². The molecule has 1 fully saturated rings. The Morgan fingerprint density at radius 1 is 0.900 bits per heavy atom. The van der Waals surface area contributed by atoms with E-state index < -0.39 is 15.5 Å². The zero-order valence-electron chi connectivity index (χ0n) is 5.25. The molecule has 6 heteroatoms. The molecule has 0 amide bonds. The van der Waals surface area contributed by atoms with E-state index in [9.17, 15) is 0 Å². The van der Waals surface area contributed by atoms with Crippen molar-refractivity contribution >= 4 is 34.1 Å². The van der Waals surface area contributed by atoms with Gasteiger partial charge in [-0.25, -0.2) is 0 Å². The number of ether oxygens (including phenoxy) is 1. The second kappa shape index (κ2) is 6.51. The van der Waals surface area contributed by atoms with Crippen molar-refractivity contribution in [1.29, 1.82) is 0 Å². The summed E-state index contributed by atoms with van der Waals surface area (Å²) in [5, 5.41) is 0. The molecule has 1 rings (SSSR count). The van der Waals surface area contributed by atoms with Crippen LogP contribution in [0.15, 0.2) is 0 Å². The summed E-state index contributed by atoms with van der Waals surface area (Å²) < 4.78 is 4.94. The van der Waals surface area contributed by atoms with Gasteiger partial charge in [-0.1, -0.05) is 0 Å². The number of hydrogen-bond acceptors (Lipinski definition) is 1. The molecule has 1 aliphatic rings. The molecule has 62 valence electrons. The van der Waals surface area contributed by atoms with Crippen molar-refractivity contribution in [3.05, 3.63) is 0 Å². The first kappa shape index (κ1) is 12.0. The van der Waals surface area contributed by atoms with E-state index >= 15 is 0 Å². The molecule has 0 bridgehead atoms. The second-order valence-corrected chi connectivity index (χ2v) is 24.1. The van der Waals surface area contributed by atoms with Gasteiger partial charge in [-0.05, 0) is 12.8 Å². The van der Waals surface area contributed by atoms with Gasteiger partial charge in [-0.3, -0.25) is 0 Å². The zero-order chi connectivity index (χ0) is 8.04. The van der Waals surface area contributed by atoms with Crippen molar-refractivity contribution in [2.24, 2.45) is 0 Å². The summed E-state index contributed by atoms with van der Waals surface area (Å²) in [5.74, 6) is 0. The van der Waals surface area contributed by atoms with E-state index in [2.05, 4.69) is 0 Å². The Labute approximate surface area is 79.5 Å². The molecule has 1 nitrogen and oxygen atoms in total. The minimum absolute atomic E-state index is 1.00. The fourth-order valence-corrected chi connectivity index (χ4v) is 0.510. The molecule has 0 saturated carbocycles. The summed E-state index contributed by atoms with van der Waals surface area (Å²) in [6.45, 7) is 2.00. The molecule has 1 saturated heterocycles. The Kier molecular flexibility index (Phi) is 7.82. The quantitative estimate of drug-likeness (QED) is 0.665. The fourth-order valence-electron chi connectivity index (χ4n) is 0.510. The van der Waals surface area contributed by atoms with Crippen LogP contribution in [0, 0.1) is 0 Å². The molecule has 1 heterocycles. The Bertz CT molecular complexity index is 66.2. The third-order valence-electron chi connectivity index (χ3n) is 0.827. The van der Waals surface area contributed by atoms with Gasteiger partial charge in [0, 0.05) is 13.2 Å². The third-order valence-corrected chi connectivity index (χ3v) is 0.827. The van der Waals surface area contributed by atoms with E-state index in [0.29, 0.717) is 0 Å². The maximum absolute atomic E-state index is 5.04. The van der Waals surface area contributed by atoms with Gasteiger partial charge in [0.1, 0.15) is 0 Å². The molecular weight excluding hydrogens is 297 g/mol. The van der Waals surface area contributed by atoms with Gasteiger partial charge in [0.25, 0.3) is 0 Å². The van der Waals surface area contributed by atoms with Crippen LogP contribution < -0.4 is 0 Å². The molecule has 0 aromatic rings. The minimum atomic E-state index is -3.29. The van der Waals surface area contributed by atoms with Crippen LogP contribution in [-0.2, 0) is 20.2 Å². The molecule has 1 aliphatic heterocycles. The molecule has 0 radical (unpaired) electrons. The number of halogens is 4. The first-order valence-electron chi connectivity index (χ1n) is 2.83. The van der Waals surface area contributed by atoms with Crippen molar-refractivity contribution < 1.29 is 20.2 Å². The van der Waals surface area contributed by atoms with E-state index in [-0.39, 0.29) is 0 Å². The Balaban J connectivity index is 0.000000162. The number of hydrogen-bond donors (Lipinski definition) is 0. The first-order chi connectivity index (χ1) is 4.50. The van der Waals surface area contributed by atoms with E-state index in [1.54, 1.807) is 0 Å². The summed E-state index contributed by atoms with van der Waals surface area (Å²) >= 11 is -3.29. The third kappa shape index (κ3) is 16.5. The molecule has 0 unspecified atom stereocenters. The van der Waals surface area contributed by atoms with Crippen molar-refractivity contribution in [2.45, 2.75) is 12.8 Å². The van der Waals surface area contributed by atoms with Gasteiger partial charge >= 0.3 is 49.5 Å². The van der Waals surface area contributed by atoms with Gasteiger partial charge in [-0.2, -0.15) is 0 Å². The van der Waals surface area contributed by atoms with Gasteiger partial charge < -0.3 is 4.74 Å². The van der Waals surface area contributed by atoms with Crippen molar-refractivity contribution in [1.82, 2.24) is 0 Å². The summed E-state index contributed by atoms with van der Waals surface area (Å²) in [4.78, 5) is 0. The van der Waals surface area contributed by atoms with E-state index in [1.165, 1.54) is 12.8 Å². The fraction of sp³-hybridized carbons (Fsp3) is 1.00. The predicted molar refractivity (Wildman–Crippen MR) is 43.5 cm³/mol. The standard InChI is InChI=1S/C4H8O.4ClH.Zr/c1-2-4-5-3-1;;;;;/h1-4H2;4*1H;/q;;;;;+4/p-4. The van der Waals surface area contributed by atoms with Crippen LogP contribution in [0.3, 0.4) is 0 Å². The Hall–Kier alpha value is 2.00. The van der Waals surface area contributed by atoms with Crippen molar-refractivity contribution in [3.8, 4) is 0 Å². The topological polar surface area (TPSA) is 9.23 Å². The van der Waals surface area contributed by atoms with Crippen LogP contribution in [-0.4, -0.2) is 13.2 Å². The summed E-state index contributed by atoms with van der Waals surface area (Å²) in [5.41, 5.74) is 0. The van der Waals surface area contributed by atoms with Gasteiger partial charge in [0.05, 0.1) is 0 Å². The first-order valence-corrected chi connectivity index (χ1v) is 15.5. The molecule has 0 aliphatic carbocycles. The predicted octanol–water partition coefficient (Wildman–Crippen LogP) is 3.55. The van der Waals surface area contributed by atoms with E-state index in [4.69, 9.17) is 38.8 Å². The molecule has 0 atom stereocenters. The Morgan fingerprint density at radius 2 is 1.20 bits per heavy atom. The molecule has 10 heavy (non-hydrogen) atoms. The van der Waals surface area contributed by atoms with Crippen LogP contribution in [0.2, 0.25) is 0 Å². The van der Waals surface area contributed by atoms with Gasteiger partial charge in [0.2, 0.25) is 0 Å². The molecule has 0 spiro atoms. The van der Waals surface area contributed by atoms with Crippen LogP contribution in [0.4, 0.5) is 0 Å². The van der Waals surface area contributed by atoms with Crippen LogP contribution >= 0.6 is 34.1 Å². The molecular formula is C4H8Cl4OZr. The van der Waals surface area contributed by atoms with E-state index in [0.717, 1.165) is 13.2 Å². The summed E-state index contributed by atoms with van der Waals surface area (Å²) in [6, 6.07) is 0. The van der Waals surface area contributed by atoms with Gasteiger partial charge in [0.15, 0.2) is 0 Å². The second-order valence-electron chi connectivity index (χ2n) is 1.75. The average Bonchev–Trinajstić information content (AvgIpc) is 2.07. The summed E-state index contributed by atoms with van der Waals surface area (Å²) in [6.07, 6.45) is 2.56. The molecule has 0 aromatic heterocycles. The van der Waals surface area contributed by atoms with Crippen LogP contribution in [0.25, 0.3) is 0 Å². The van der Waals surface area contributed by atoms with Crippen molar-refractivity contribution in [3.63, 3.8) is 0 Å².